The molecule has 2 atom stereocenters. The van der Waals surface area contributed by atoms with Crippen molar-refractivity contribution in [1.29, 1.82) is 0 Å². The summed E-state index contributed by atoms with van der Waals surface area (Å²) in [5.74, 6) is 0.450. The van der Waals surface area contributed by atoms with E-state index in [-0.39, 0.29) is 17.3 Å². The van der Waals surface area contributed by atoms with E-state index in [0.29, 0.717) is 22.9 Å². The number of nitrogens with one attached hydrogen (secondary N) is 1. The van der Waals surface area contributed by atoms with Gasteiger partial charge in [-0.2, -0.15) is 0 Å². The van der Waals surface area contributed by atoms with E-state index >= 15 is 0 Å². The zero-order chi connectivity index (χ0) is 14.2. The standard InChI is InChI=1S/C16H21ClFNO/c1-19-10-16(7-8-20-15(16)11-5-6-11)9-12-13(17)3-2-4-14(12)18/h2-4,11,15,19H,5-10H2,1H3. The number of hydrogen-bond acceptors (Lipinski definition) is 2. The molecule has 1 N–H and O–H groups in total. The van der Waals surface area contributed by atoms with Crippen LogP contribution in [0.2, 0.25) is 5.02 Å². The molecule has 2 aliphatic rings. The number of ether oxygens (including phenoxy) is 1. The topological polar surface area (TPSA) is 21.3 Å². The maximum absolute atomic E-state index is 14.1. The minimum Gasteiger partial charge on any atom is -0.377 e. The van der Waals surface area contributed by atoms with Crippen molar-refractivity contribution in [3.8, 4) is 0 Å². The Labute approximate surface area is 124 Å². The molecule has 1 aromatic carbocycles. The third-order valence-corrected chi connectivity index (χ3v) is 5.02. The van der Waals surface area contributed by atoms with Crippen molar-refractivity contribution in [2.24, 2.45) is 11.3 Å². The van der Waals surface area contributed by atoms with Crippen molar-refractivity contribution < 1.29 is 9.13 Å². The molecule has 0 bridgehead atoms. The van der Waals surface area contributed by atoms with E-state index in [4.69, 9.17) is 16.3 Å². The van der Waals surface area contributed by atoms with E-state index in [1.165, 1.54) is 18.9 Å². The molecule has 0 amide bonds. The van der Waals surface area contributed by atoms with Crippen molar-refractivity contribution in [1.82, 2.24) is 5.32 Å². The van der Waals surface area contributed by atoms with Crippen LogP contribution in [0.5, 0.6) is 0 Å². The first kappa shape index (κ1) is 14.3. The monoisotopic (exact) mass is 297 g/mol. The third kappa shape index (κ3) is 2.59. The Balaban J connectivity index is 1.90. The molecule has 0 aromatic heterocycles. The van der Waals surface area contributed by atoms with E-state index in [1.807, 2.05) is 7.05 Å². The van der Waals surface area contributed by atoms with Gasteiger partial charge in [-0.3, -0.25) is 0 Å². The predicted molar refractivity (Wildman–Crippen MR) is 78.6 cm³/mol. The Hall–Kier alpha value is -0.640. The van der Waals surface area contributed by atoms with Gasteiger partial charge in [0.15, 0.2) is 0 Å². The van der Waals surface area contributed by atoms with Gasteiger partial charge in [0.1, 0.15) is 5.82 Å². The predicted octanol–water partition coefficient (Wildman–Crippen LogP) is 3.43. The van der Waals surface area contributed by atoms with Crippen LogP contribution in [0.1, 0.15) is 24.8 Å². The summed E-state index contributed by atoms with van der Waals surface area (Å²) in [7, 11) is 1.95. The second kappa shape index (κ2) is 5.63. The zero-order valence-corrected chi connectivity index (χ0v) is 12.5. The van der Waals surface area contributed by atoms with Crippen molar-refractivity contribution >= 4 is 11.6 Å². The molecule has 2 fully saturated rings. The van der Waals surface area contributed by atoms with Crippen LogP contribution in [-0.4, -0.2) is 26.3 Å². The van der Waals surface area contributed by atoms with Crippen LogP contribution in [-0.2, 0) is 11.2 Å². The van der Waals surface area contributed by atoms with Gasteiger partial charge in [-0.25, -0.2) is 4.39 Å². The van der Waals surface area contributed by atoms with Crippen molar-refractivity contribution in [2.45, 2.75) is 31.8 Å². The molecule has 4 heteroatoms. The molecule has 1 aliphatic heterocycles. The van der Waals surface area contributed by atoms with Crippen LogP contribution in [0.4, 0.5) is 4.39 Å². The normalized spacial score (nSPS) is 29.9. The van der Waals surface area contributed by atoms with Crippen LogP contribution in [0.3, 0.4) is 0 Å². The molecule has 1 saturated carbocycles. The largest absolute Gasteiger partial charge is 0.377 e. The molecule has 0 spiro atoms. The van der Waals surface area contributed by atoms with E-state index < -0.39 is 0 Å². The molecular weight excluding hydrogens is 277 g/mol. The first-order valence-electron chi connectivity index (χ1n) is 7.35. The van der Waals surface area contributed by atoms with Gasteiger partial charge in [0.25, 0.3) is 0 Å². The molecule has 2 nitrogen and oxygen atoms in total. The minimum absolute atomic E-state index is 0.0260. The molecule has 1 heterocycles. The van der Waals surface area contributed by atoms with Gasteiger partial charge in [0, 0.05) is 29.2 Å². The smallest absolute Gasteiger partial charge is 0.127 e. The minimum atomic E-state index is -0.200. The highest BCUT2D eigenvalue weighted by molar-refractivity contribution is 6.31. The van der Waals surface area contributed by atoms with Crippen molar-refractivity contribution in [2.75, 3.05) is 20.2 Å². The molecule has 2 unspecified atom stereocenters. The summed E-state index contributed by atoms with van der Waals surface area (Å²) < 4.78 is 20.1. The highest BCUT2D eigenvalue weighted by Crippen LogP contribution is 2.49. The van der Waals surface area contributed by atoms with Crippen LogP contribution < -0.4 is 5.32 Å². The van der Waals surface area contributed by atoms with E-state index in [0.717, 1.165) is 19.6 Å². The number of hydrogen-bond donors (Lipinski definition) is 1. The SMILES string of the molecule is CNCC1(Cc2c(F)cccc2Cl)CCOC1C1CC1. The summed E-state index contributed by atoms with van der Waals surface area (Å²) in [5, 5.41) is 3.81. The Bertz CT molecular complexity index is 471. The van der Waals surface area contributed by atoms with Crippen LogP contribution in [0.15, 0.2) is 18.2 Å². The second-order valence-electron chi connectivity index (χ2n) is 6.15. The molecule has 1 saturated heterocycles. The summed E-state index contributed by atoms with van der Waals surface area (Å²) in [6.45, 7) is 1.62. The number of halogens is 2. The van der Waals surface area contributed by atoms with Crippen LogP contribution in [0, 0.1) is 17.2 Å². The quantitative estimate of drug-likeness (QED) is 0.899. The summed E-state index contributed by atoms with van der Waals surface area (Å²) >= 11 is 6.21. The summed E-state index contributed by atoms with van der Waals surface area (Å²) in [4.78, 5) is 0. The Morgan fingerprint density at radius 2 is 2.25 bits per heavy atom. The second-order valence-corrected chi connectivity index (χ2v) is 6.56. The fraction of sp³-hybridized carbons (Fsp3) is 0.625. The van der Waals surface area contributed by atoms with Gasteiger partial charge in [-0.1, -0.05) is 17.7 Å². The molecule has 20 heavy (non-hydrogen) atoms. The van der Waals surface area contributed by atoms with Crippen LogP contribution >= 0.6 is 11.6 Å². The van der Waals surface area contributed by atoms with Crippen molar-refractivity contribution in [3.05, 3.63) is 34.6 Å². The van der Waals surface area contributed by atoms with Crippen LogP contribution in [0.25, 0.3) is 0 Å². The maximum atomic E-state index is 14.1. The van der Waals surface area contributed by atoms with Crippen molar-refractivity contribution in [3.63, 3.8) is 0 Å². The highest BCUT2D eigenvalue weighted by Gasteiger charge is 2.50. The molecule has 0 radical (unpaired) electrons. The first-order chi connectivity index (χ1) is 9.66. The fourth-order valence-electron chi connectivity index (χ4n) is 3.59. The molecule has 3 rings (SSSR count). The van der Waals surface area contributed by atoms with Gasteiger partial charge < -0.3 is 10.1 Å². The van der Waals surface area contributed by atoms with Gasteiger partial charge >= 0.3 is 0 Å². The van der Waals surface area contributed by atoms with E-state index in [9.17, 15) is 4.39 Å². The maximum Gasteiger partial charge on any atom is 0.127 e. The zero-order valence-electron chi connectivity index (χ0n) is 11.8. The van der Waals surface area contributed by atoms with E-state index in [2.05, 4.69) is 5.32 Å². The number of rotatable bonds is 5. The van der Waals surface area contributed by atoms with Gasteiger partial charge in [-0.05, 0) is 50.8 Å². The summed E-state index contributed by atoms with van der Waals surface area (Å²) in [6.07, 6.45) is 4.34. The number of benzene rings is 1. The molecule has 110 valence electrons. The average Bonchev–Trinajstić information content (AvgIpc) is 3.17. The third-order valence-electron chi connectivity index (χ3n) is 4.67. The Morgan fingerprint density at radius 3 is 2.90 bits per heavy atom. The Morgan fingerprint density at radius 1 is 1.45 bits per heavy atom. The molecule has 1 aliphatic carbocycles. The lowest BCUT2D eigenvalue weighted by atomic mass is 9.74. The van der Waals surface area contributed by atoms with Gasteiger partial charge in [0.2, 0.25) is 0 Å². The summed E-state index contributed by atoms with van der Waals surface area (Å²) in [5.41, 5.74) is 0.613. The van der Waals surface area contributed by atoms with E-state index in [1.54, 1.807) is 12.1 Å². The van der Waals surface area contributed by atoms with Gasteiger partial charge in [0.05, 0.1) is 6.10 Å². The lowest BCUT2D eigenvalue weighted by Crippen LogP contribution is -2.43. The molecular formula is C16H21ClFNO. The summed E-state index contributed by atoms with van der Waals surface area (Å²) in [6, 6.07) is 4.93. The highest BCUT2D eigenvalue weighted by atomic mass is 35.5. The lowest BCUT2D eigenvalue weighted by Gasteiger charge is -2.35. The average molecular weight is 298 g/mol. The Kier molecular flexibility index (Phi) is 4.02. The lowest BCUT2D eigenvalue weighted by molar-refractivity contribution is 0.0311. The molecule has 1 aromatic rings. The fourth-order valence-corrected chi connectivity index (χ4v) is 3.82. The first-order valence-corrected chi connectivity index (χ1v) is 7.73. The van der Waals surface area contributed by atoms with Gasteiger partial charge in [-0.15, -0.1) is 0 Å².